The van der Waals surface area contributed by atoms with Crippen molar-refractivity contribution in [3.63, 3.8) is 0 Å². The number of nitrogens with one attached hydrogen (secondary N) is 1. The zero-order valence-corrected chi connectivity index (χ0v) is 13.3. The van der Waals surface area contributed by atoms with Crippen LogP contribution in [0.4, 0.5) is 0 Å². The Hall–Kier alpha value is -1.28. The molecule has 0 saturated heterocycles. The second kappa shape index (κ2) is 6.65. The van der Waals surface area contributed by atoms with Gasteiger partial charge in [0.1, 0.15) is 11.3 Å². The third kappa shape index (κ3) is 3.32. The summed E-state index contributed by atoms with van der Waals surface area (Å²) >= 11 is 0. The van der Waals surface area contributed by atoms with Crippen LogP contribution >= 0.6 is 0 Å². The molecule has 1 heterocycles. The molecule has 1 aliphatic carbocycles. The number of aryl methyl sites for hydroxylation is 1. The van der Waals surface area contributed by atoms with Gasteiger partial charge in [-0.05, 0) is 50.8 Å². The molecule has 0 aliphatic heterocycles. The standard InChI is InChI=1S/C19H27NO/c1-14-17-11-5-6-12-18(17)21-19(14)15(2)20-13-7-10-16-8-3-4-9-16/h5-6,11-12,15-16,20H,3-4,7-10,13H2,1-2H3. The number of hydrogen-bond acceptors (Lipinski definition) is 2. The first-order valence-electron chi connectivity index (χ1n) is 8.47. The number of furan rings is 1. The Morgan fingerprint density at radius 3 is 2.76 bits per heavy atom. The lowest BCUT2D eigenvalue weighted by Gasteiger charge is -2.14. The normalized spacial score (nSPS) is 17.6. The van der Waals surface area contributed by atoms with E-state index in [9.17, 15) is 0 Å². The molecule has 1 aromatic heterocycles. The van der Waals surface area contributed by atoms with E-state index in [1.807, 2.05) is 6.07 Å². The van der Waals surface area contributed by atoms with E-state index in [1.54, 1.807) is 0 Å². The van der Waals surface area contributed by atoms with Crippen LogP contribution in [0.1, 0.15) is 62.8 Å². The largest absolute Gasteiger partial charge is 0.459 e. The second-order valence-electron chi connectivity index (χ2n) is 6.56. The van der Waals surface area contributed by atoms with Gasteiger partial charge in [-0.15, -0.1) is 0 Å². The Balaban J connectivity index is 1.54. The Kier molecular flexibility index (Phi) is 4.64. The number of para-hydroxylation sites is 1. The van der Waals surface area contributed by atoms with Crippen molar-refractivity contribution in [3.05, 3.63) is 35.6 Å². The summed E-state index contributed by atoms with van der Waals surface area (Å²) in [5.41, 5.74) is 2.28. The van der Waals surface area contributed by atoms with Gasteiger partial charge in [0.15, 0.2) is 0 Å². The maximum atomic E-state index is 6.03. The SMILES string of the molecule is Cc1c(C(C)NCCCC2CCCC2)oc2ccccc12. The van der Waals surface area contributed by atoms with Crippen LogP contribution in [0.5, 0.6) is 0 Å². The average molecular weight is 285 g/mol. The maximum absolute atomic E-state index is 6.03. The van der Waals surface area contributed by atoms with Crippen LogP contribution in [-0.4, -0.2) is 6.54 Å². The van der Waals surface area contributed by atoms with Crippen LogP contribution in [0.15, 0.2) is 28.7 Å². The fourth-order valence-corrected chi connectivity index (χ4v) is 3.71. The van der Waals surface area contributed by atoms with E-state index in [0.717, 1.165) is 23.8 Å². The lowest BCUT2D eigenvalue weighted by molar-refractivity contribution is 0.421. The van der Waals surface area contributed by atoms with Gasteiger partial charge in [-0.3, -0.25) is 0 Å². The Morgan fingerprint density at radius 2 is 2.00 bits per heavy atom. The molecule has 114 valence electrons. The van der Waals surface area contributed by atoms with Gasteiger partial charge in [0, 0.05) is 5.39 Å². The minimum absolute atomic E-state index is 0.293. The van der Waals surface area contributed by atoms with Gasteiger partial charge in [-0.1, -0.05) is 43.9 Å². The molecule has 1 fully saturated rings. The molecule has 1 saturated carbocycles. The predicted octanol–water partition coefficient (Wildman–Crippen LogP) is 5.36. The van der Waals surface area contributed by atoms with E-state index in [1.165, 1.54) is 49.5 Å². The highest BCUT2D eigenvalue weighted by molar-refractivity contribution is 5.82. The summed E-state index contributed by atoms with van der Waals surface area (Å²) < 4.78 is 6.03. The van der Waals surface area contributed by atoms with Gasteiger partial charge in [-0.2, -0.15) is 0 Å². The molecule has 2 nitrogen and oxygen atoms in total. The van der Waals surface area contributed by atoms with E-state index in [4.69, 9.17) is 4.42 Å². The second-order valence-corrected chi connectivity index (χ2v) is 6.56. The predicted molar refractivity (Wildman–Crippen MR) is 88.6 cm³/mol. The molecular weight excluding hydrogens is 258 g/mol. The van der Waals surface area contributed by atoms with Crippen LogP contribution in [0.2, 0.25) is 0 Å². The summed E-state index contributed by atoms with van der Waals surface area (Å²) in [5.74, 6) is 2.09. The van der Waals surface area contributed by atoms with Gasteiger partial charge in [-0.25, -0.2) is 0 Å². The molecule has 0 bridgehead atoms. The first-order valence-corrected chi connectivity index (χ1v) is 8.47. The number of benzene rings is 1. The highest BCUT2D eigenvalue weighted by Crippen LogP contribution is 2.30. The van der Waals surface area contributed by atoms with E-state index in [-0.39, 0.29) is 0 Å². The molecule has 0 spiro atoms. The molecule has 2 aromatic rings. The van der Waals surface area contributed by atoms with Gasteiger partial charge < -0.3 is 9.73 Å². The summed E-state index contributed by atoms with van der Waals surface area (Å²) in [6, 6.07) is 8.60. The average Bonchev–Trinajstić information content (AvgIpc) is 3.12. The molecule has 2 heteroatoms. The molecule has 1 atom stereocenters. The highest BCUT2D eigenvalue weighted by atomic mass is 16.3. The lowest BCUT2D eigenvalue weighted by Crippen LogP contribution is -2.20. The van der Waals surface area contributed by atoms with Crippen molar-refractivity contribution >= 4 is 11.0 Å². The topological polar surface area (TPSA) is 25.2 Å². The lowest BCUT2D eigenvalue weighted by atomic mass is 10.0. The molecule has 1 aromatic carbocycles. The molecule has 1 aliphatic rings. The van der Waals surface area contributed by atoms with E-state index in [2.05, 4.69) is 37.4 Å². The Bertz CT molecular complexity index is 580. The van der Waals surface area contributed by atoms with Crippen molar-refractivity contribution < 1.29 is 4.42 Å². The van der Waals surface area contributed by atoms with E-state index >= 15 is 0 Å². The molecule has 0 amide bonds. The number of fused-ring (bicyclic) bond motifs is 1. The number of rotatable bonds is 6. The van der Waals surface area contributed by atoms with Crippen molar-refractivity contribution in [3.8, 4) is 0 Å². The van der Waals surface area contributed by atoms with Crippen molar-refractivity contribution in [2.45, 2.75) is 58.4 Å². The molecule has 3 rings (SSSR count). The van der Waals surface area contributed by atoms with Gasteiger partial charge >= 0.3 is 0 Å². The summed E-state index contributed by atoms with van der Waals surface area (Å²) in [7, 11) is 0. The fraction of sp³-hybridized carbons (Fsp3) is 0.579. The summed E-state index contributed by atoms with van der Waals surface area (Å²) in [5, 5.41) is 4.87. The summed E-state index contributed by atoms with van der Waals surface area (Å²) in [4.78, 5) is 0. The molecule has 0 radical (unpaired) electrons. The zero-order chi connectivity index (χ0) is 14.7. The first kappa shape index (κ1) is 14.6. The van der Waals surface area contributed by atoms with E-state index < -0.39 is 0 Å². The minimum atomic E-state index is 0.293. The third-order valence-corrected chi connectivity index (χ3v) is 4.99. The molecule has 1 N–H and O–H groups in total. The summed E-state index contributed by atoms with van der Waals surface area (Å²) in [6.07, 6.45) is 8.49. The first-order chi connectivity index (χ1) is 10.3. The van der Waals surface area contributed by atoms with Crippen molar-refractivity contribution in [2.24, 2.45) is 5.92 Å². The highest BCUT2D eigenvalue weighted by Gasteiger charge is 2.17. The molecular formula is C19H27NO. The smallest absolute Gasteiger partial charge is 0.134 e. The monoisotopic (exact) mass is 285 g/mol. The fourth-order valence-electron chi connectivity index (χ4n) is 3.71. The van der Waals surface area contributed by atoms with Gasteiger partial charge in [0.25, 0.3) is 0 Å². The van der Waals surface area contributed by atoms with Crippen LogP contribution in [-0.2, 0) is 0 Å². The quantitative estimate of drug-likeness (QED) is 0.722. The van der Waals surface area contributed by atoms with Gasteiger partial charge in [0.05, 0.1) is 6.04 Å². The Labute approximate surface area is 127 Å². The van der Waals surface area contributed by atoms with Crippen molar-refractivity contribution in [1.29, 1.82) is 0 Å². The van der Waals surface area contributed by atoms with Gasteiger partial charge in [0.2, 0.25) is 0 Å². The summed E-state index contributed by atoms with van der Waals surface area (Å²) in [6.45, 7) is 5.46. The number of hydrogen-bond donors (Lipinski definition) is 1. The van der Waals surface area contributed by atoms with Crippen LogP contribution < -0.4 is 5.32 Å². The molecule has 1 unspecified atom stereocenters. The molecule has 21 heavy (non-hydrogen) atoms. The van der Waals surface area contributed by atoms with Crippen LogP contribution in [0, 0.1) is 12.8 Å². The third-order valence-electron chi connectivity index (χ3n) is 4.99. The minimum Gasteiger partial charge on any atom is -0.459 e. The van der Waals surface area contributed by atoms with Crippen molar-refractivity contribution in [2.75, 3.05) is 6.54 Å². The zero-order valence-electron chi connectivity index (χ0n) is 13.3. The van der Waals surface area contributed by atoms with Crippen molar-refractivity contribution in [1.82, 2.24) is 5.32 Å². The maximum Gasteiger partial charge on any atom is 0.134 e. The van der Waals surface area contributed by atoms with Crippen LogP contribution in [0.3, 0.4) is 0 Å². The Morgan fingerprint density at radius 1 is 1.24 bits per heavy atom. The van der Waals surface area contributed by atoms with Crippen LogP contribution in [0.25, 0.3) is 11.0 Å². The van der Waals surface area contributed by atoms with E-state index in [0.29, 0.717) is 6.04 Å².